The van der Waals surface area contributed by atoms with E-state index in [4.69, 9.17) is 0 Å². The van der Waals surface area contributed by atoms with Gasteiger partial charge in [0.1, 0.15) is 5.72 Å². The number of allylic oxidation sites excluding steroid dienone is 1. The molecular formula is C15H22N2O3. The molecule has 0 aliphatic carbocycles. The molecule has 1 amide bonds. The lowest BCUT2D eigenvalue weighted by molar-refractivity contribution is -0.156. The molecule has 1 N–H and O–H groups in total. The zero-order valence-corrected chi connectivity index (χ0v) is 12.1. The van der Waals surface area contributed by atoms with Crippen molar-refractivity contribution in [2.75, 3.05) is 19.6 Å². The third-order valence-corrected chi connectivity index (χ3v) is 4.15. The van der Waals surface area contributed by atoms with Gasteiger partial charge in [-0.2, -0.15) is 0 Å². The van der Waals surface area contributed by atoms with E-state index in [2.05, 4.69) is 6.58 Å². The highest BCUT2D eigenvalue weighted by Crippen LogP contribution is 2.33. The summed E-state index contributed by atoms with van der Waals surface area (Å²) in [4.78, 5) is 27.0. The van der Waals surface area contributed by atoms with Crippen molar-refractivity contribution < 1.29 is 14.7 Å². The minimum Gasteiger partial charge on any atom is -0.371 e. The van der Waals surface area contributed by atoms with Crippen LogP contribution in [0.2, 0.25) is 0 Å². The molecule has 20 heavy (non-hydrogen) atoms. The highest BCUT2D eigenvalue weighted by Gasteiger charge is 2.47. The Kier molecular flexibility index (Phi) is 4.11. The van der Waals surface area contributed by atoms with Crippen molar-refractivity contribution in [3.63, 3.8) is 0 Å². The summed E-state index contributed by atoms with van der Waals surface area (Å²) in [5, 5.41) is 10.7. The smallest absolute Gasteiger partial charge is 0.246 e. The third-order valence-electron chi connectivity index (χ3n) is 4.15. The summed E-state index contributed by atoms with van der Waals surface area (Å²) in [5.41, 5.74) is -0.751. The normalized spacial score (nSPS) is 30.4. The highest BCUT2D eigenvalue weighted by atomic mass is 16.3. The number of likely N-dealkylation sites (tertiary alicyclic amines) is 2. The van der Waals surface area contributed by atoms with E-state index in [9.17, 15) is 14.7 Å². The fourth-order valence-electron chi connectivity index (χ4n) is 3.00. The first kappa shape index (κ1) is 14.9. The molecule has 2 saturated heterocycles. The van der Waals surface area contributed by atoms with E-state index in [1.54, 1.807) is 17.9 Å². The molecule has 2 aliphatic heterocycles. The average molecular weight is 278 g/mol. The van der Waals surface area contributed by atoms with Gasteiger partial charge in [-0.25, -0.2) is 0 Å². The molecule has 0 radical (unpaired) electrons. The molecule has 110 valence electrons. The van der Waals surface area contributed by atoms with Crippen molar-refractivity contribution in [3.8, 4) is 0 Å². The van der Waals surface area contributed by atoms with Gasteiger partial charge in [0.25, 0.3) is 0 Å². The van der Waals surface area contributed by atoms with Gasteiger partial charge in [-0.1, -0.05) is 19.6 Å². The van der Waals surface area contributed by atoms with Crippen LogP contribution in [0.5, 0.6) is 0 Å². The number of nitrogens with zero attached hydrogens (tertiary/aromatic N) is 2. The van der Waals surface area contributed by atoms with Crippen LogP contribution in [0.4, 0.5) is 0 Å². The first-order valence-corrected chi connectivity index (χ1v) is 7.06. The third kappa shape index (κ3) is 2.43. The van der Waals surface area contributed by atoms with Gasteiger partial charge >= 0.3 is 0 Å². The average Bonchev–Trinajstić information content (AvgIpc) is 2.35. The van der Waals surface area contributed by atoms with E-state index in [0.29, 0.717) is 31.6 Å². The summed E-state index contributed by atoms with van der Waals surface area (Å²) in [6.45, 7) is 8.78. The van der Waals surface area contributed by atoms with Crippen molar-refractivity contribution in [1.82, 2.24) is 9.80 Å². The largest absolute Gasteiger partial charge is 0.371 e. The van der Waals surface area contributed by atoms with Crippen LogP contribution in [-0.4, -0.2) is 58.0 Å². The molecule has 5 nitrogen and oxygen atoms in total. The molecule has 2 fully saturated rings. The minimum absolute atomic E-state index is 0.0199. The Balaban J connectivity index is 2.10. The lowest BCUT2D eigenvalue weighted by Gasteiger charge is -2.52. The van der Waals surface area contributed by atoms with Gasteiger partial charge in [-0.3, -0.25) is 14.5 Å². The van der Waals surface area contributed by atoms with Crippen LogP contribution < -0.4 is 0 Å². The van der Waals surface area contributed by atoms with Crippen molar-refractivity contribution >= 4 is 11.7 Å². The Morgan fingerprint density at radius 2 is 2.20 bits per heavy atom. The first-order chi connectivity index (χ1) is 9.41. The van der Waals surface area contributed by atoms with E-state index >= 15 is 0 Å². The van der Waals surface area contributed by atoms with Gasteiger partial charge in [0.05, 0.1) is 0 Å². The quantitative estimate of drug-likeness (QED) is 0.772. The number of ketones is 1. The molecule has 0 saturated carbocycles. The Morgan fingerprint density at radius 3 is 2.75 bits per heavy atom. The van der Waals surface area contributed by atoms with Crippen LogP contribution in [-0.2, 0) is 9.59 Å². The maximum absolute atomic E-state index is 12.0. The maximum Gasteiger partial charge on any atom is 0.246 e. The molecule has 2 rings (SSSR count). The van der Waals surface area contributed by atoms with Crippen molar-refractivity contribution in [1.29, 1.82) is 0 Å². The summed E-state index contributed by atoms with van der Waals surface area (Å²) in [6.07, 6.45) is 4.25. The number of carbonyl (C=O) groups excluding carboxylic acids is 2. The second-order valence-electron chi connectivity index (χ2n) is 5.51. The number of Topliss-reactive ketones (excluding diaryl/α,β-unsaturated/α-hetero) is 1. The number of hydrogen-bond donors (Lipinski definition) is 1. The van der Waals surface area contributed by atoms with Gasteiger partial charge in [-0.15, -0.1) is 0 Å². The number of aliphatic hydroxyl groups is 1. The molecular weight excluding hydrogens is 256 g/mol. The predicted octanol–water partition coefficient (Wildman–Crippen LogP) is 0.703. The van der Waals surface area contributed by atoms with Gasteiger partial charge in [0.15, 0.2) is 5.78 Å². The molecule has 0 bridgehead atoms. The molecule has 0 spiro atoms. The van der Waals surface area contributed by atoms with Crippen LogP contribution in [0, 0.1) is 0 Å². The van der Waals surface area contributed by atoms with E-state index in [-0.39, 0.29) is 17.7 Å². The van der Waals surface area contributed by atoms with E-state index in [0.717, 1.165) is 6.42 Å². The fourth-order valence-corrected chi connectivity index (χ4v) is 3.00. The van der Waals surface area contributed by atoms with Gasteiger partial charge < -0.3 is 10.0 Å². The molecule has 0 aromatic rings. The Bertz CT molecular complexity index is 462. The second-order valence-corrected chi connectivity index (χ2v) is 5.51. The number of carbonyl (C=O) groups is 2. The molecule has 0 aromatic carbocycles. The number of piperidine rings is 1. The Morgan fingerprint density at radius 1 is 1.55 bits per heavy atom. The van der Waals surface area contributed by atoms with E-state index in [1.165, 1.54) is 6.08 Å². The Labute approximate surface area is 119 Å². The zero-order chi connectivity index (χ0) is 14.9. The van der Waals surface area contributed by atoms with Crippen LogP contribution in [0.25, 0.3) is 0 Å². The lowest BCUT2D eigenvalue weighted by Crippen LogP contribution is -2.68. The summed E-state index contributed by atoms with van der Waals surface area (Å²) in [5.74, 6) is -0.0650. The minimum atomic E-state index is -1.24. The first-order valence-electron chi connectivity index (χ1n) is 7.06. The van der Waals surface area contributed by atoms with Crippen LogP contribution >= 0.6 is 0 Å². The van der Waals surface area contributed by atoms with Crippen molar-refractivity contribution in [3.05, 3.63) is 24.3 Å². The monoisotopic (exact) mass is 278 g/mol. The Hall–Kier alpha value is -1.46. The van der Waals surface area contributed by atoms with Crippen LogP contribution in [0.3, 0.4) is 0 Å². The molecule has 1 unspecified atom stereocenters. The van der Waals surface area contributed by atoms with Crippen molar-refractivity contribution in [2.45, 2.75) is 38.5 Å². The fraction of sp³-hybridized carbons (Fsp3) is 0.600. The summed E-state index contributed by atoms with van der Waals surface area (Å²) >= 11 is 0. The molecule has 2 heterocycles. The molecule has 5 heteroatoms. The summed E-state index contributed by atoms with van der Waals surface area (Å²) in [7, 11) is 0. The topological polar surface area (TPSA) is 60.9 Å². The summed E-state index contributed by atoms with van der Waals surface area (Å²) in [6, 6.07) is 0.0993. The van der Waals surface area contributed by atoms with Crippen LogP contribution in [0.1, 0.15) is 26.7 Å². The van der Waals surface area contributed by atoms with Gasteiger partial charge in [0, 0.05) is 37.7 Å². The number of rotatable bonds is 3. The lowest BCUT2D eigenvalue weighted by atomic mass is 9.88. The van der Waals surface area contributed by atoms with Gasteiger partial charge in [-0.05, 0) is 19.4 Å². The molecule has 0 aromatic heterocycles. The van der Waals surface area contributed by atoms with E-state index in [1.807, 2.05) is 11.8 Å². The predicted molar refractivity (Wildman–Crippen MR) is 75.9 cm³/mol. The number of hydrogen-bond acceptors (Lipinski definition) is 4. The highest BCUT2D eigenvalue weighted by molar-refractivity contribution is 5.98. The zero-order valence-electron chi connectivity index (χ0n) is 12.1. The summed E-state index contributed by atoms with van der Waals surface area (Å²) < 4.78 is 0. The maximum atomic E-state index is 12.0. The van der Waals surface area contributed by atoms with E-state index < -0.39 is 5.72 Å². The molecule has 2 aliphatic rings. The number of amides is 1. The van der Waals surface area contributed by atoms with Crippen LogP contribution in [0.15, 0.2) is 24.3 Å². The SMILES string of the molecule is C=CC(=O)N1CC(N2CCC(=O)/C(=C/CC)C2(C)O)C1. The van der Waals surface area contributed by atoms with Gasteiger partial charge in [0.2, 0.25) is 5.91 Å². The second kappa shape index (κ2) is 5.50. The molecule has 1 atom stereocenters. The standard InChI is InChI=1S/C15H22N2O3/c1-4-6-12-13(18)7-8-17(15(12,3)20)11-9-16(10-11)14(19)5-2/h5-6,11,20H,2,4,7-10H2,1,3H3/b12-6-. The van der Waals surface area contributed by atoms with Crippen molar-refractivity contribution in [2.24, 2.45) is 0 Å².